The van der Waals surface area contributed by atoms with Crippen LogP contribution in [0.25, 0.3) is 6.08 Å². The number of hydrogen-bond donors (Lipinski definition) is 1. The second-order valence-electron chi connectivity index (χ2n) is 7.07. The van der Waals surface area contributed by atoms with Crippen LogP contribution >= 0.6 is 23.4 Å². The van der Waals surface area contributed by atoms with E-state index in [0.29, 0.717) is 46.5 Å². The number of ether oxygens (including phenoxy) is 2. The Labute approximate surface area is 195 Å². The van der Waals surface area contributed by atoms with Gasteiger partial charge < -0.3 is 14.8 Å². The molecular weight excluding hydrogens is 452 g/mol. The molecule has 1 N–H and O–H groups in total. The molecule has 9 heteroatoms. The molecule has 168 valence electrons. The van der Waals surface area contributed by atoms with Crippen molar-refractivity contribution in [3.8, 4) is 5.75 Å². The van der Waals surface area contributed by atoms with Gasteiger partial charge in [0.05, 0.1) is 9.93 Å². The minimum absolute atomic E-state index is 0.201. The van der Waals surface area contributed by atoms with E-state index in [9.17, 15) is 14.4 Å². The van der Waals surface area contributed by atoms with Crippen molar-refractivity contribution in [2.45, 2.75) is 13.3 Å². The number of nitrogens with one attached hydrogen (secondary N) is 1. The molecule has 0 saturated carbocycles. The molecule has 1 saturated heterocycles. The number of anilines is 1. The van der Waals surface area contributed by atoms with E-state index < -0.39 is 0 Å². The van der Waals surface area contributed by atoms with E-state index in [1.807, 2.05) is 31.2 Å². The van der Waals surface area contributed by atoms with E-state index in [-0.39, 0.29) is 23.7 Å². The lowest BCUT2D eigenvalue weighted by Gasteiger charge is -2.11. The maximum atomic E-state index is 12.5. The van der Waals surface area contributed by atoms with Crippen LogP contribution in [0.4, 0.5) is 10.5 Å². The molecule has 1 aliphatic heterocycles. The van der Waals surface area contributed by atoms with Crippen LogP contribution in [0.3, 0.4) is 0 Å². The molecule has 0 atom stereocenters. The van der Waals surface area contributed by atoms with Gasteiger partial charge in [-0.05, 0) is 61.0 Å². The first-order chi connectivity index (χ1) is 15.4. The van der Waals surface area contributed by atoms with Crippen LogP contribution in [0.15, 0.2) is 47.4 Å². The average molecular weight is 475 g/mol. The van der Waals surface area contributed by atoms with Gasteiger partial charge in [-0.1, -0.05) is 35.4 Å². The Hall–Kier alpha value is -2.81. The molecule has 1 aliphatic rings. The first-order valence-electron chi connectivity index (χ1n) is 9.90. The number of hydrogen-bond acceptors (Lipinski definition) is 6. The van der Waals surface area contributed by atoms with Crippen LogP contribution in [0.5, 0.6) is 5.75 Å². The van der Waals surface area contributed by atoms with Gasteiger partial charge in [-0.15, -0.1) is 0 Å². The van der Waals surface area contributed by atoms with Crippen molar-refractivity contribution in [2.24, 2.45) is 0 Å². The number of thioether (sulfide) groups is 1. The summed E-state index contributed by atoms with van der Waals surface area (Å²) in [4.78, 5) is 38.2. The Morgan fingerprint density at radius 2 is 1.94 bits per heavy atom. The van der Waals surface area contributed by atoms with Crippen molar-refractivity contribution in [3.63, 3.8) is 0 Å². The van der Waals surface area contributed by atoms with E-state index >= 15 is 0 Å². The molecule has 1 fully saturated rings. The van der Waals surface area contributed by atoms with Gasteiger partial charge in [0.2, 0.25) is 0 Å². The van der Waals surface area contributed by atoms with Gasteiger partial charge in [0, 0.05) is 25.9 Å². The standard InChI is InChI=1S/C23H23ClN2O5S/c1-15-4-7-17(8-5-15)25-21(27)14-31-19-9-6-16(12-18(19)24)13-20-22(28)26(23(29)32-20)10-3-11-30-2/h4-9,12-13H,3,10-11,14H2,1-2H3,(H,25,27)/b20-13+. The molecule has 0 bridgehead atoms. The predicted molar refractivity (Wildman–Crippen MR) is 126 cm³/mol. The molecular formula is C23H23ClN2O5S. The zero-order valence-electron chi connectivity index (χ0n) is 17.7. The Morgan fingerprint density at radius 3 is 2.62 bits per heavy atom. The van der Waals surface area contributed by atoms with Crippen molar-refractivity contribution < 1.29 is 23.9 Å². The molecule has 3 amide bonds. The van der Waals surface area contributed by atoms with Crippen molar-refractivity contribution >= 4 is 52.2 Å². The van der Waals surface area contributed by atoms with Gasteiger partial charge in [0.15, 0.2) is 6.61 Å². The summed E-state index contributed by atoms with van der Waals surface area (Å²) in [7, 11) is 1.57. The molecule has 2 aromatic carbocycles. The molecule has 0 radical (unpaired) electrons. The number of nitrogens with zero attached hydrogens (tertiary/aromatic N) is 1. The predicted octanol–water partition coefficient (Wildman–Crippen LogP) is 4.74. The molecule has 0 aliphatic carbocycles. The highest BCUT2D eigenvalue weighted by molar-refractivity contribution is 8.18. The number of carbonyl (C=O) groups excluding carboxylic acids is 3. The van der Waals surface area contributed by atoms with Crippen LogP contribution in [0.2, 0.25) is 5.02 Å². The van der Waals surface area contributed by atoms with Crippen LogP contribution in [0.1, 0.15) is 17.5 Å². The van der Waals surface area contributed by atoms with Crippen molar-refractivity contribution in [1.82, 2.24) is 4.90 Å². The van der Waals surface area contributed by atoms with E-state index in [2.05, 4.69) is 5.32 Å². The molecule has 32 heavy (non-hydrogen) atoms. The van der Waals surface area contributed by atoms with Crippen LogP contribution in [-0.4, -0.2) is 48.8 Å². The third kappa shape index (κ3) is 6.35. The molecule has 0 spiro atoms. The third-order valence-electron chi connectivity index (χ3n) is 4.55. The fourth-order valence-corrected chi connectivity index (χ4v) is 4.02. The van der Waals surface area contributed by atoms with E-state index in [0.717, 1.165) is 17.3 Å². The van der Waals surface area contributed by atoms with Gasteiger partial charge in [0.25, 0.3) is 17.1 Å². The van der Waals surface area contributed by atoms with Crippen molar-refractivity contribution in [2.75, 3.05) is 32.2 Å². The van der Waals surface area contributed by atoms with E-state index in [4.69, 9.17) is 21.1 Å². The summed E-state index contributed by atoms with van der Waals surface area (Å²) in [6, 6.07) is 12.4. The molecule has 2 aromatic rings. The Balaban J connectivity index is 1.58. The number of amides is 3. The van der Waals surface area contributed by atoms with Crippen molar-refractivity contribution in [3.05, 3.63) is 63.5 Å². The Morgan fingerprint density at radius 1 is 1.19 bits per heavy atom. The zero-order valence-corrected chi connectivity index (χ0v) is 19.3. The normalized spacial score (nSPS) is 14.8. The SMILES string of the molecule is COCCCN1C(=O)S/C(=C/c2ccc(OCC(=O)Nc3ccc(C)cc3)c(Cl)c2)C1=O. The lowest BCUT2D eigenvalue weighted by atomic mass is 10.2. The minimum Gasteiger partial charge on any atom is -0.482 e. The average Bonchev–Trinajstić information content (AvgIpc) is 3.02. The summed E-state index contributed by atoms with van der Waals surface area (Å²) in [5, 5.41) is 2.74. The first kappa shape index (κ1) is 23.8. The zero-order chi connectivity index (χ0) is 23.1. The van der Waals surface area contributed by atoms with Gasteiger partial charge >= 0.3 is 0 Å². The highest BCUT2D eigenvalue weighted by atomic mass is 35.5. The first-order valence-corrected chi connectivity index (χ1v) is 11.1. The summed E-state index contributed by atoms with van der Waals surface area (Å²) < 4.78 is 10.5. The number of benzene rings is 2. The monoisotopic (exact) mass is 474 g/mol. The molecule has 0 aromatic heterocycles. The van der Waals surface area contributed by atoms with Gasteiger partial charge in [0.1, 0.15) is 5.75 Å². The Bertz CT molecular complexity index is 1040. The quantitative estimate of drug-likeness (QED) is 0.417. The lowest BCUT2D eigenvalue weighted by Crippen LogP contribution is -2.29. The summed E-state index contributed by atoms with van der Waals surface area (Å²) in [5.74, 6) is -0.299. The number of rotatable bonds is 9. The largest absolute Gasteiger partial charge is 0.482 e. The second kappa shape index (κ2) is 11.2. The lowest BCUT2D eigenvalue weighted by molar-refractivity contribution is -0.123. The topological polar surface area (TPSA) is 84.9 Å². The van der Waals surface area contributed by atoms with Gasteiger partial charge in [-0.3, -0.25) is 19.3 Å². The number of methoxy groups -OCH3 is 1. The minimum atomic E-state index is -0.333. The van der Waals surface area contributed by atoms with Crippen molar-refractivity contribution in [1.29, 1.82) is 0 Å². The number of aryl methyl sites for hydroxylation is 1. The number of carbonyl (C=O) groups is 3. The van der Waals surface area contributed by atoms with Crippen LogP contribution < -0.4 is 10.1 Å². The van der Waals surface area contributed by atoms with Crippen LogP contribution in [0, 0.1) is 6.92 Å². The highest BCUT2D eigenvalue weighted by Crippen LogP contribution is 2.33. The summed E-state index contributed by atoms with van der Waals surface area (Å²) in [5.41, 5.74) is 2.43. The molecule has 0 unspecified atom stereocenters. The summed E-state index contributed by atoms with van der Waals surface area (Å²) >= 11 is 7.18. The fourth-order valence-electron chi connectivity index (χ4n) is 2.91. The molecule has 7 nitrogen and oxygen atoms in total. The smallest absolute Gasteiger partial charge is 0.293 e. The second-order valence-corrected chi connectivity index (χ2v) is 8.47. The fraction of sp³-hybridized carbons (Fsp3) is 0.261. The number of halogens is 1. The Kier molecular flexibility index (Phi) is 8.33. The van der Waals surface area contributed by atoms with E-state index in [1.165, 1.54) is 4.90 Å². The van der Waals surface area contributed by atoms with Gasteiger partial charge in [-0.25, -0.2) is 0 Å². The number of imide groups is 1. The third-order valence-corrected chi connectivity index (χ3v) is 5.75. The molecule has 1 heterocycles. The maximum absolute atomic E-state index is 12.5. The maximum Gasteiger partial charge on any atom is 0.293 e. The summed E-state index contributed by atoms with van der Waals surface area (Å²) in [6.07, 6.45) is 2.19. The summed E-state index contributed by atoms with van der Waals surface area (Å²) in [6.45, 7) is 2.55. The highest BCUT2D eigenvalue weighted by Gasteiger charge is 2.34. The van der Waals surface area contributed by atoms with Crippen LogP contribution in [-0.2, 0) is 14.3 Å². The van der Waals surface area contributed by atoms with Gasteiger partial charge in [-0.2, -0.15) is 0 Å². The molecule has 3 rings (SSSR count). The van der Waals surface area contributed by atoms with E-state index in [1.54, 1.807) is 31.4 Å².